The van der Waals surface area contributed by atoms with Gasteiger partial charge in [-0.3, -0.25) is 0 Å². The van der Waals surface area contributed by atoms with Crippen LogP contribution in [0.25, 0.3) is 10.4 Å². The minimum atomic E-state index is -1.07. The van der Waals surface area contributed by atoms with E-state index in [1.54, 1.807) is 0 Å². The van der Waals surface area contributed by atoms with Crippen LogP contribution in [0, 0.1) is 11.6 Å². The fourth-order valence-electron chi connectivity index (χ4n) is 1.31. The van der Waals surface area contributed by atoms with Gasteiger partial charge in [0.1, 0.15) is 4.88 Å². The summed E-state index contributed by atoms with van der Waals surface area (Å²) in [6.45, 7) is 0. The second-order valence-corrected chi connectivity index (χ2v) is 4.71. The van der Waals surface area contributed by atoms with Crippen molar-refractivity contribution in [3.8, 4) is 10.4 Å². The smallest absolute Gasteiger partial charge is 0.345 e. The highest BCUT2D eigenvalue weighted by Crippen LogP contribution is 2.34. The Bertz CT molecular complexity index is 595. The molecule has 2 rings (SSSR count). The Morgan fingerprint density at radius 3 is 2.47 bits per heavy atom. The molecule has 0 saturated heterocycles. The van der Waals surface area contributed by atoms with E-state index in [2.05, 4.69) is 0 Å². The number of thiophene rings is 1. The van der Waals surface area contributed by atoms with Crippen LogP contribution < -0.4 is 0 Å². The molecular formula is C11H5ClF2O2S. The van der Waals surface area contributed by atoms with Crippen molar-refractivity contribution in [2.75, 3.05) is 0 Å². The number of halogens is 3. The summed E-state index contributed by atoms with van der Waals surface area (Å²) in [4.78, 5) is 11.3. The van der Waals surface area contributed by atoms with Crippen LogP contribution in [-0.2, 0) is 0 Å². The molecule has 17 heavy (non-hydrogen) atoms. The van der Waals surface area contributed by atoms with Crippen LogP contribution in [-0.4, -0.2) is 11.1 Å². The van der Waals surface area contributed by atoms with Crippen LogP contribution in [0.2, 0.25) is 5.02 Å². The van der Waals surface area contributed by atoms with Crippen molar-refractivity contribution in [1.29, 1.82) is 0 Å². The summed E-state index contributed by atoms with van der Waals surface area (Å²) in [5.41, 5.74) is 0.281. The van der Waals surface area contributed by atoms with Crippen molar-refractivity contribution < 1.29 is 18.7 Å². The fraction of sp³-hybridized carbons (Fsp3) is 0. The average molecular weight is 275 g/mol. The normalized spacial score (nSPS) is 10.5. The second-order valence-electron chi connectivity index (χ2n) is 3.22. The largest absolute Gasteiger partial charge is 0.477 e. The van der Waals surface area contributed by atoms with Gasteiger partial charge in [0.05, 0.1) is 5.02 Å². The van der Waals surface area contributed by atoms with Crippen LogP contribution in [0.5, 0.6) is 0 Å². The summed E-state index contributed by atoms with van der Waals surface area (Å²) >= 11 is 6.73. The van der Waals surface area contributed by atoms with Crippen molar-refractivity contribution in [1.82, 2.24) is 0 Å². The lowest BCUT2D eigenvalue weighted by Crippen LogP contribution is -1.89. The first-order valence-electron chi connectivity index (χ1n) is 4.47. The highest BCUT2D eigenvalue weighted by molar-refractivity contribution is 7.17. The average Bonchev–Trinajstić information content (AvgIpc) is 2.72. The maximum atomic E-state index is 13.1. The Morgan fingerprint density at radius 1 is 1.24 bits per heavy atom. The van der Waals surface area contributed by atoms with Gasteiger partial charge in [0.2, 0.25) is 0 Å². The van der Waals surface area contributed by atoms with E-state index in [-0.39, 0.29) is 15.5 Å². The van der Waals surface area contributed by atoms with Gasteiger partial charge in [-0.15, -0.1) is 11.3 Å². The minimum Gasteiger partial charge on any atom is -0.477 e. The van der Waals surface area contributed by atoms with Gasteiger partial charge >= 0.3 is 5.97 Å². The molecule has 0 saturated carbocycles. The fourth-order valence-corrected chi connectivity index (χ4v) is 2.49. The molecule has 0 bridgehead atoms. The van der Waals surface area contributed by atoms with Crippen molar-refractivity contribution in [2.45, 2.75) is 0 Å². The Labute approximate surface area is 104 Å². The van der Waals surface area contributed by atoms with E-state index in [4.69, 9.17) is 16.7 Å². The first-order valence-corrected chi connectivity index (χ1v) is 5.66. The quantitative estimate of drug-likeness (QED) is 0.839. The van der Waals surface area contributed by atoms with Gasteiger partial charge in [-0.05, 0) is 24.3 Å². The van der Waals surface area contributed by atoms with Gasteiger partial charge < -0.3 is 5.11 Å². The standard InChI is InChI=1S/C11H5ClF2O2S/c12-6-4-8(14)7(13)3-5(6)9-1-2-10(17-9)11(15)16/h1-4H,(H,15,16). The Morgan fingerprint density at radius 2 is 1.88 bits per heavy atom. The van der Waals surface area contributed by atoms with E-state index in [0.29, 0.717) is 4.88 Å². The van der Waals surface area contributed by atoms with Gasteiger partial charge in [0.15, 0.2) is 11.6 Å². The summed E-state index contributed by atoms with van der Waals surface area (Å²) in [6, 6.07) is 4.72. The molecule has 0 fully saturated rings. The van der Waals surface area contributed by atoms with Crippen molar-refractivity contribution in [2.24, 2.45) is 0 Å². The number of hydrogen-bond donors (Lipinski definition) is 1. The molecule has 0 amide bonds. The lowest BCUT2D eigenvalue weighted by atomic mass is 10.2. The van der Waals surface area contributed by atoms with Crippen LogP contribution in [0.3, 0.4) is 0 Å². The number of carboxylic acids is 1. The molecule has 0 aliphatic heterocycles. The summed E-state index contributed by atoms with van der Waals surface area (Å²) < 4.78 is 25.9. The summed E-state index contributed by atoms with van der Waals surface area (Å²) in [5.74, 6) is -3.12. The Kier molecular flexibility index (Phi) is 3.13. The highest BCUT2D eigenvalue weighted by atomic mass is 35.5. The summed E-state index contributed by atoms with van der Waals surface area (Å²) in [5, 5.41) is 8.80. The van der Waals surface area contributed by atoms with Gasteiger partial charge in [-0.1, -0.05) is 11.6 Å². The van der Waals surface area contributed by atoms with E-state index in [9.17, 15) is 13.6 Å². The van der Waals surface area contributed by atoms with Crippen molar-refractivity contribution >= 4 is 28.9 Å². The number of carbonyl (C=O) groups is 1. The van der Waals surface area contributed by atoms with E-state index in [1.165, 1.54) is 12.1 Å². The first-order chi connectivity index (χ1) is 7.99. The Hall–Kier alpha value is -1.46. The molecule has 0 aliphatic carbocycles. The van der Waals surface area contributed by atoms with E-state index < -0.39 is 17.6 Å². The minimum absolute atomic E-state index is 0.0442. The summed E-state index contributed by atoms with van der Waals surface area (Å²) in [7, 11) is 0. The zero-order chi connectivity index (χ0) is 12.6. The number of benzene rings is 1. The zero-order valence-corrected chi connectivity index (χ0v) is 9.78. The molecule has 88 valence electrons. The van der Waals surface area contributed by atoms with E-state index >= 15 is 0 Å². The third kappa shape index (κ3) is 2.30. The second kappa shape index (κ2) is 4.43. The molecular weight excluding hydrogens is 270 g/mol. The topological polar surface area (TPSA) is 37.3 Å². The monoisotopic (exact) mass is 274 g/mol. The number of rotatable bonds is 2. The van der Waals surface area contributed by atoms with E-state index in [0.717, 1.165) is 23.5 Å². The summed E-state index contributed by atoms with van der Waals surface area (Å²) in [6.07, 6.45) is 0. The maximum absolute atomic E-state index is 13.1. The van der Waals surface area contributed by atoms with Gasteiger partial charge in [-0.25, -0.2) is 13.6 Å². The predicted molar refractivity (Wildman–Crippen MR) is 61.6 cm³/mol. The predicted octanol–water partition coefficient (Wildman–Crippen LogP) is 4.04. The third-order valence-electron chi connectivity index (χ3n) is 2.09. The van der Waals surface area contributed by atoms with Crippen LogP contribution in [0.15, 0.2) is 24.3 Å². The van der Waals surface area contributed by atoms with Gasteiger partial charge in [0, 0.05) is 10.4 Å². The molecule has 6 heteroatoms. The van der Waals surface area contributed by atoms with Crippen molar-refractivity contribution in [3.05, 3.63) is 45.8 Å². The lowest BCUT2D eigenvalue weighted by molar-refractivity contribution is 0.0702. The van der Waals surface area contributed by atoms with Crippen molar-refractivity contribution in [3.63, 3.8) is 0 Å². The molecule has 0 unspecified atom stereocenters. The SMILES string of the molecule is O=C(O)c1ccc(-c2cc(F)c(F)cc2Cl)s1. The van der Waals surface area contributed by atoms with Gasteiger partial charge in [-0.2, -0.15) is 0 Å². The molecule has 0 spiro atoms. The van der Waals surface area contributed by atoms with Gasteiger partial charge in [0.25, 0.3) is 0 Å². The van der Waals surface area contributed by atoms with Crippen LogP contribution >= 0.6 is 22.9 Å². The molecule has 1 N–H and O–H groups in total. The molecule has 2 aromatic rings. The molecule has 1 heterocycles. The molecule has 1 aromatic heterocycles. The zero-order valence-electron chi connectivity index (χ0n) is 8.21. The molecule has 1 aromatic carbocycles. The maximum Gasteiger partial charge on any atom is 0.345 e. The number of carboxylic acid groups (broad SMARTS) is 1. The van der Waals surface area contributed by atoms with E-state index in [1.807, 2.05) is 0 Å². The van der Waals surface area contributed by atoms with Crippen LogP contribution in [0.4, 0.5) is 8.78 Å². The van der Waals surface area contributed by atoms with Crippen LogP contribution in [0.1, 0.15) is 9.67 Å². The third-order valence-corrected chi connectivity index (χ3v) is 3.51. The number of aromatic carboxylic acids is 1. The highest BCUT2D eigenvalue weighted by Gasteiger charge is 2.14. The molecule has 0 aliphatic rings. The molecule has 2 nitrogen and oxygen atoms in total. The Balaban J connectivity index is 2.52. The molecule has 0 atom stereocenters. The molecule has 0 radical (unpaired) electrons. The number of hydrogen-bond acceptors (Lipinski definition) is 2. The lowest BCUT2D eigenvalue weighted by Gasteiger charge is -2.02. The first kappa shape index (κ1) is 12.0.